The molecule has 0 atom stereocenters. The summed E-state index contributed by atoms with van der Waals surface area (Å²) in [5.41, 5.74) is 2.15. The van der Waals surface area contributed by atoms with Crippen LogP contribution in [0.3, 0.4) is 0 Å². The SMILES string of the molecule is CC(C)OCCCNC(=O)c1cc(-c2cccs2)nc2c1cnn2C(C)C. The Morgan fingerprint density at radius 2 is 2.15 bits per heavy atom. The fraction of sp³-hybridized carbons (Fsp3) is 0.450. The molecule has 1 amide bonds. The van der Waals surface area contributed by atoms with E-state index in [9.17, 15) is 4.79 Å². The molecule has 0 bridgehead atoms. The number of carbonyl (C=O) groups excluding carboxylic acids is 1. The lowest BCUT2D eigenvalue weighted by molar-refractivity contribution is 0.0757. The molecule has 27 heavy (non-hydrogen) atoms. The Morgan fingerprint density at radius 1 is 1.33 bits per heavy atom. The molecule has 3 heterocycles. The zero-order valence-electron chi connectivity index (χ0n) is 16.2. The molecule has 0 aliphatic heterocycles. The van der Waals surface area contributed by atoms with Crippen molar-refractivity contribution in [1.29, 1.82) is 0 Å². The summed E-state index contributed by atoms with van der Waals surface area (Å²) < 4.78 is 7.38. The molecule has 3 aromatic rings. The number of pyridine rings is 1. The van der Waals surface area contributed by atoms with Gasteiger partial charge in [-0.1, -0.05) is 6.07 Å². The van der Waals surface area contributed by atoms with E-state index in [-0.39, 0.29) is 18.1 Å². The molecule has 0 radical (unpaired) electrons. The lowest BCUT2D eigenvalue weighted by Crippen LogP contribution is -2.26. The molecule has 0 saturated carbocycles. The number of carbonyl (C=O) groups is 1. The molecule has 0 aliphatic rings. The monoisotopic (exact) mass is 386 g/mol. The third-order valence-corrected chi connectivity index (χ3v) is 5.02. The van der Waals surface area contributed by atoms with E-state index in [4.69, 9.17) is 9.72 Å². The second-order valence-corrected chi connectivity index (χ2v) is 7.93. The number of aromatic nitrogens is 3. The third-order valence-electron chi connectivity index (χ3n) is 4.13. The molecule has 0 aliphatic carbocycles. The van der Waals surface area contributed by atoms with Crippen molar-refractivity contribution in [3.63, 3.8) is 0 Å². The van der Waals surface area contributed by atoms with E-state index < -0.39 is 0 Å². The minimum Gasteiger partial charge on any atom is -0.379 e. The van der Waals surface area contributed by atoms with Crippen LogP contribution >= 0.6 is 11.3 Å². The van der Waals surface area contributed by atoms with E-state index >= 15 is 0 Å². The molecule has 0 saturated heterocycles. The maximum atomic E-state index is 12.8. The van der Waals surface area contributed by atoms with Crippen LogP contribution in [-0.2, 0) is 4.74 Å². The Kier molecular flexibility index (Phi) is 6.23. The van der Waals surface area contributed by atoms with Gasteiger partial charge >= 0.3 is 0 Å². The summed E-state index contributed by atoms with van der Waals surface area (Å²) in [6.45, 7) is 9.33. The third kappa shape index (κ3) is 4.54. The molecule has 6 nitrogen and oxygen atoms in total. The summed E-state index contributed by atoms with van der Waals surface area (Å²) in [5, 5.41) is 10.2. The normalized spacial score (nSPS) is 11.6. The van der Waals surface area contributed by atoms with Gasteiger partial charge in [0.25, 0.3) is 5.91 Å². The smallest absolute Gasteiger partial charge is 0.252 e. The highest BCUT2D eigenvalue weighted by atomic mass is 32.1. The van der Waals surface area contributed by atoms with Gasteiger partial charge < -0.3 is 10.1 Å². The maximum Gasteiger partial charge on any atom is 0.252 e. The molecule has 0 spiro atoms. The number of fused-ring (bicyclic) bond motifs is 1. The Labute approximate surface area is 163 Å². The first-order valence-corrected chi connectivity index (χ1v) is 10.2. The number of rotatable bonds is 8. The van der Waals surface area contributed by atoms with Crippen molar-refractivity contribution in [2.75, 3.05) is 13.2 Å². The van der Waals surface area contributed by atoms with Crippen molar-refractivity contribution in [2.45, 2.75) is 46.3 Å². The van der Waals surface area contributed by atoms with Gasteiger partial charge in [0, 0.05) is 19.2 Å². The molecule has 7 heteroatoms. The zero-order valence-corrected chi connectivity index (χ0v) is 17.0. The highest BCUT2D eigenvalue weighted by Crippen LogP contribution is 2.28. The molecule has 3 rings (SSSR count). The number of thiophene rings is 1. The molecule has 0 fully saturated rings. The van der Waals surface area contributed by atoms with Crippen LogP contribution in [0.4, 0.5) is 0 Å². The topological polar surface area (TPSA) is 69.0 Å². The van der Waals surface area contributed by atoms with Gasteiger partial charge in [0.05, 0.1) is 33.8 Å². The first-order valence-electron chi connectivity index (χ1n) is 9.29. The quantitative estimate of drug-likeness (QED) is 0.587. The van der Waals surface area contributed by atoms with Gasteiger partial charge in [-0.15, -0.1) is 11.3 Å². The van der Waals surface area contributed by atoms with Crippen LogP contribution in [0.25, 0.3) is 21.6 Å². The average Bonchev–Trinajstić information content (AvgIpc) is 3.29. The van der Waals surface area contributed by atoms with Crippen LogP contribution in [0.5, 0.6) is 0 Å². The van der Waals surface area contributed by atoms with E-state index in [1.807, 2.05) is 42.1 Å². The number of nitrogens with one attached hydrogen (secondary N) is 1. The number of amides is 1. The molecule has 1 N–H and O–H groups in total. The summed E-state index contributed by atoms with van der Waals surface area (Å²) in [6.07, 6.45) is 2.72. The second-order valence-electron chi connectivity index (χ2n) is 6.98. The Balaban J connectivity index is 1.88. The summed E-state index contributed by atoms with van der Waals surface area (Å²) >= 11 is 1.61. The largest absolute Gasteiger partial charge is 0.379 e. The van der Waals surface area contributed by atoms with Gasteiger partial charge in [-0.25, -0.2) is 9.67 Å². The fourth-order valence-electron chi connectivity index (χ4n) is 2.82. The van der Waals surface area contributed by atoms with Gasteiger partial charge in [0.15, 0.2) is 5.65 Å². The average molecular weight is 387 g/mol. The minimum absolute atomic E-state index is 0.104. The minimum atomic E-state index is -0.104. The number of ether oxygens (including phenoxy) is 1. The molecular formula is C20H26N4O2S. The zero-order chi connectivity index (χ0) is 19.4. The fourth-order valence-corrected chi connectivity index (χ4v) is 3.51. The second kappa shape index (κ2) is 8.63. The van der Waals surface area contributed by atoms with Gasteiger partial charge in [0.1, 0.15) is 0 Å². The van der Waals surface area contributed by atoms with Crippen molar-refractivity contribution in [2.24, 2.45) is 0 Å². The van der Waals surface area contributed by atoms with E-state index in [1.54, 1.807) is 17.5 Å². The van der Waals surface area contributed by atoms with Crippen LogP contribution in [-0.4, -0.2) is 39.9 Å². The van der Waals surface area contributed by atoms with Crippen molar-refractivity contribution in [1.82, 2.24) is 20.1 Å². The van der Waals surface area contributed by atoms with Gasteiger partial charge in [0.2, 0.25) is 0 Å². The summed E-state index contributed by atoms with van der Waals surface area (Å²) in [4.78, 5) is 18.7. The molecule has 0 unspecified atom stereocenters. The van der Waals surface area contributed by atoms with Crippen LogP contribution in [0.2, 0.25) is 0 Å². The molecule has 144 valence electrons. The summed E-state index contributed by atoms with van der Waals surface area (Å²) in [6, 6.07) is 6.03. The predicted molar refractivity (Wildman–Crippen MR) is 109 cm³/mol. The summed E-state index contributed by atoms with van der Waals surface area (Å²) in [5.74, 6) is -0.104. The summed E-state index contributed by atoms with van der Waals surface area (Å²) in [7, 11) is 0. The first kappa shape index (κ1) is 19.5. The Hall–Kier alpha value is -2.25. The predicted octanol–water partition coefficient (Wildman–Crippen LogP) is 4.29. The van der Waals surface area contributed by atoms with Crippen molar-refractivity contribution < 1.29 is 9.53 Å². The van der Waals surface area contributed by atoms with Crippen molar-refractivity contribution in [3.05, 3.63) is 35.3 Å². The van der Waals surface area contributed by atoms with Crippen LogP contribution in [0, 0.1) is 0 Å². The highest BCUT2D eigenvalue weighted by Gasteiger charge is 2.18. The lowest BCUT2D eigenvalue weighted by Gasteiger charge is -2.11. The standard InChI is InChI=1S/C20H26N4O2S/c1-13(2)24-19-16(12-22-24)15(11-17(23-19)18-7-5-10-27-18)20(25)21-8-6-9-26-14(3)4/h5,7,10-14H,6,8-9H2,1-4H3,(H,21,25). The Bertz CT molecular complexity index is 900. The number of hydrogen-bond acceptors (Lipinski definition) is 5. The van der Waals surface area contributed by atoms with Crippen LogP contribution < -0.4 is 5.32 Å². The maximum absolute atomic E-state index is 12.8. The highest BCUT2D eigenvalue weighted by molar-refractivity contribution is 7.13. The van der Waals surface area contributed by atoms with Gasteiger partial charge in [-0.3, -0.25) is 4.79 Å². The molecular weight excluding hydrogens is 360 g/mol. The van der Waals surface area contributed by atoms with E-state index in [0.29, 0.717) is 18.7 Å². The van der Waals surface area contributed by atoms with Crippen LogP contribution in [0.1, 0.15) is 50.5 Å². The van der Waals surface area contributed by atoms with Crippen LogP contribution in [0.15, 0.2) is 29.8 Å². The molecule has 3 aromatic heterocycles. The van der Waals surface area contributed by atoms with E-state index in [0.717, 1.165) is 28.0 Å². The van der Waals surface area contributed by atoms with Gasteiger partial charge in [-0.2, -0.15) is 5.10 Å². The molecule has 0 aromatic carbocycles. The van der Waals surface area contributed by atoms with E-state index in [1.165, 1.54) is 0 Å². The Morgan fingerprint density at radius 3 is 2.81 bits per heavy atom. The van der Waals surface area contributed by atoms with Gasteiger partial charge in [-0.05, 0) is 51.6 Å². The number of nitrogens with zero attached hydrogens (tertiary/aromatic N) is 3. The van der Waals surface area contributed by atoms with Crippen molar-refractivity contribution >= 4 is 28.3 Å². The lowest BCUT2D eigenvalue weighted by atomic mass is 10.1. The first-order chi connectivity index (χ1) is 13.0. The van der Waals surface area contributed by atoms with E-state index in [2.05, 4.69) is 24.3 Å². The number of hydrogen-bond donors (Lipinski definition) is 1. The van der Waals surface area contributed by atoms with Crippen molar-refractivity contribution in [3.8, 4) is 10.6 Å².